The lowest BCUT2D eigenvalue weighted by Gasteiger charge is -2.13. The van der Waals surface area contributed by atoms with Gasteiger partial charge < -0.3 is 0 Å². The minimum absolute atomic E-state index is 0.403. The van der Waals surface area contributed by atoms with Crippen LogP contribution in [-0.4, -0.2) is 9.97 Å². The van der Waals surface area contributed by atoms with E-state index in [0.29, 0.717) is 10.3 Å². The largest absolute Gasteiger partial charge is 0.241 e. The fraction of sp³-hybridized carbons (Fsp3) is 0.444. The molecule has 0 fully saturated rings. The molecule has 0 amide bonds. The molecule has 3 nitrogen and oxygen atoms in total. The molecule has 0 aromatic carbocycles. The van der Waals surface area contributed by atoms with Crippen LogP contribution >= 0.6 is 15.9 Å². The van der Waals surface area contributed by atoms with Crippen molar-refractivity contribution in [2.75, 3.05) is 0 Å². The maximum absolute atomic E-state index is 8.74. The number of nitriles is 1. The number of hydrogen-bond acceptors (Lipinski definition) is 3. The summed E-state index contributed by atoms with van der Waals surface area (Å²) < 4.78 is 0.579. The van der Waals surface area contributed by atoms with Crippen molar-refractivity contribution in [3.63, 3.8) is 0 Å². The standard InChI is InChI=1S/C9H8BrN3/c10-9-8(5-11)12-6-3-1-2-4-7(6)13-9/h1-4H2. The predicted octanol–water partition coefficient (Wildman–Crippen LogP) is 1.99. The Morgan fingerprint density at radius 3 is 2.38 bits per heavy atom. The molecule has 0 saturated carbocycles. The van der Waals surface area contributed by atoms with Gasteiger partial charge >= 0.3 is 0 Å². The van der Waals surface area contributed by atoms with Gasteiger partial charge in [-0.15, -0.1) is 0 Å². The Labute approximate surface area is 84.9 Å². The van der Waals surface area contributed by atoms with Crippen molar-refractivity contribution < 1.29 is 0 Å². The summed E-state index contributed by atoms with van der Waals surface area (Å²) in [5.74, 6) is 0. The van der Waals surface area contributed by atoms with Gasteiger partial charge in [0.1, 0.15) is 10.7 Å². The van der Waals surface area contributed by atoms with E-state index in [1.54, 1.807) is 0 Å². The minimum Gasteiger partial charge on any atom is -0.241 e. The molecule has 1 aromatic heterocycles. The molecule has 13 heavy (non-hydrogen) atoms. The summed E-state index contributed by atoms with van der Waals surface area (Å²) in [6, 6.07) is 2.02. The molecule has 0 bridgehead atoms. The van der Waals surface area contributed by atoms with Crippen LogP contribution in [0.5, 0.6) is 0 Å². The van der Waals surface area contributed by atoms with Gasteiger partial charge in [0, 0.05) is 0 Å². The molecule has 0 spiro atoms. The summed E-state index contributed by atoms with van der Waals surface area (Å²) >= 11 is 3.24. The Morgan fingerprint density at radius 1 is 1.15 bits per heavy atom. The van der Waals surface area contributed by atoms with Gasteiger partial charge in [-0.2, -0.15) is 5.26 Å². The molecule has 4 heteroatoms. The molecule has 2 rings (SSSR count). The molecule has 66 valence electrons. The molecule has 0 aliphatic heterocycles. The summed E-state index contributed by atoms with van der Waals surface area (Å²) in [5, 5.41) is 8.74. The molecule has 0 atom stereocenters. The van der Waals surface area contributed by atoms with Crippen LogP contribution in [0, 0.1) is 11.3 Å². The summed E-state index contributed by atoms with van der Waals surface area (Å²) in [6.45, 7) is 0. The topological polar surface area (TPSA) is 49.6 Å². The molecule has 0 radical (unpaired) electrons. The maximum Gasteiger partial charge on any atom is 0.173 e. The van der Waals surface area contributed by atoms with Gasteiger partial charge in [0.2, 0.25) is 0 Å². The van der Waals surface area contributed by atoms with E-state index < -0.39 is 0 Å². The Hall–Kier alpha value is -0.950. The molecule has 1 heterocycles. The second kappa shape index (κ2) is 3.43. The lowest BCUT2D eigenvalue weighted by Crippen LogP contribution is -2.09. The molecule has 0 saturated heterocycles. The number of nitrogens with zero attached hydrogens (tertiary/aromatic N) is 3. The Balaban J connectivity index is 2.52. The van der Waals surface area contributed by atoms with E-state index in [-0.39, 0.29) is 0 Å². The number of aromatic nitrogens is 2. The van der Waals surface area contributed by atoms with E-state index in [2.05, 4.69) is 25.9 Å². The van der Waals surface area contributed by atoms with Crippen molar-refractivity contribution in [3.8, 4) is 6.07 Å². The van der Waals surface area contributed by atoms with Gasteiger partial charge in [-0.05, 0) is 41.6 Å². The summed E-state index contributed by atoms with van der Waals surface area (Å²) in [6.07, 6.45) is 4.30. The van der Waals surface area contributed by atoms with Crippen LogP contribution in [0.4, 0.5) is 0 Å². The first-order valence-corrected chi connectivity index (χ1v) is 5.06. The number of fused-ring (bicyclic) bond motifs is 1. The van der Waals surface area contributed by atoms with Crippen LogP contribution in [0.25, 0.3) is 0 Å². The molecule has 0 N–H and O–H groups in total. The van der Waals surface area contributed by atoms with Crippen LogP contribution in [-0.2, 0) is 12.8 Å². The highest BCUT2D eigenvalue weighted by Crippen LogP contribution is 2.21. The molecule has 1 aromatic rings. The van der Waals surface area contributed by atoms with Gasteiger partial charge in [0.05, 0.1) is 11.4 Å². The lowest BCUT2D eigenvalue weighted by molar-refractivity contribution is 0.645. The van der Waals surface area contributed by atoms with E-state index in [4.69, 9.17) is 5.26 Å². The normalized spacial score (nSPS) is 14.8. The van der Waals surface area contributed by atoms with E-state index in [9.17, 15) is 0 Å². The lowest BCUT2D eigenvalue weighted by atomic mass is 10.0. The van der Waals surface area contributed by atoms with E-state index in [1.807, 2.05) is 6.07 Å². The fourth-order valence-electron chi connectivity index (χ4n) is 1.54. The third kappa shape index (κ3) is 1.56. The third-order valence-electron chi connectivity index (χ3n) is 2.19. The Morgan fingerprint density at radius 2 is 1.77 bits per heavy atom. The first-order valence-electron chi connectivity index (χ1n) is 4.26. The van der Waals surface area contributed by atoms with Gasteiger partial charge in [-0.1, -0.05) is 0 Å². The Kier molecular flexibility index (Phi) is 2.28. The van der Waals surface area contributed by atoms with Crippen LogP contribution in [0.15, 0.2) is 4.60 Å². The quantitative estimate of drug-likeness (QED) is 0.694. The zero-order valence-electron chi connectivity index (χ0n) is 7.05. The average Bonchev–Trinajstić information content (AvgIpc) is 2.17. The monoisotopic (exact) mass is 237 g/mol. The highest BCUT2D eigenvalue weighted by atomic mass is 79.9. The number of hydrogen-bond donors (Lipinski definition) is 0. The summed E-state index contributed by atoms with van der Waals surface area (Å²) in [7, 11) is 0. The van der Waals surface area contributed by atoms with E-state index >= 15 is 0 Å². The number of halogens is 1. The SMILES string of the molecule is N#Cc1nc2c(nc1Br)CCCC2. The van der Waals surface area contributed by atoms with Crippen molar-refractivity contribution >= 4 is 15.9 Å². The average molecular weight is 238 g/mol. The molecule has 1 aliphatic carbocycles. The smallest absolute Gasteiger partial charge is 0.173 e. The second-order valence-corrected chi connectivity index (χ2v) is 3.83. The van der Waals surface area contributed by atoms with Gasteiger partial charge in [0.25, 0.3) is 0 Å². The maximum atomic E-state index is 8.74. The third-order valence-corrected chi connectivity index (χ3v) is 2.74. The first kappa shape index (κ1) is 8.64. The van der Waals surface area contributed by atoms with Crippen molar-refractivity contribution in [1.82, 2.24) is 9.97 Å². The molecular formula is C9H8BrN3. The van der Waals surface area contributed by atoms with E-state index in [0.717, 1.165) is 30.7 Å². The van der Waals surface area contributed by atoms with Gasteiger partial charge in [0.15, 0.2) is 5.69 Å². The molecular weight excluding hydrogens is 230 g/mol. The second-order valence-electron chi connectivity index (χ2n) is 3.08. The van der Waals surface area contributed by atoms with Gasteiger partial charge in [-0.25, -0.2) is 9.97 Å². The number of rotatable bonds is 0. The van der Waals surface area contributed by atoms with Crippen LogP contribution in [0.2, 0.25) is 0 Å². The predicted molar refractivity (Wildman–Crippen MR) is 51.1 cm³/mol. The van der Waals surface area contributed by atoms with Crippen molar-refractivity contribution in [3.05, 3.63) is 21.7 Å². The van der Waals surface area contributed by atoms with Crippen LogP contribution in [0.1, 0.15) is 29.9 Å². The molecule has 1 aliphatic rings. The van der Waals surface area contributed by atoms with Gasteiger partial charge in [-0.3, -0.25) is 0 Å². The van der Waals surface area contributed by atoms with Crippen molar-refractivity contribution in [2.45, 2.75) is 25.7 Å². The zero-order valence-corrected chi connectivity index (χ0v) is 8.63. The van der Waals surface area contributed by atoms with Crippen molar-refractivity contribution in [2.24, 2.45) is 0 Å². The molecule has 0 unspecified atom stereocenters. The number of aryl methyl sites for hydroxylation is 2. The minimum atomic E-state index is 0.403. The van der Waals surface area contributed by atoms with Crippen LogP contribution in [0.3, 0.4) is 0 Å². The fourth-order valence-corrected chi connectivity index (χ4v) is 1.93. The first-order chi connectivity index (χ1) is 6.31. The Bertz CT molecular complexity index is 381. The van der Waals surface area contributed by atoms with E-state index in [1.165, 1.54) is 6.42 Å². The summed E-state index contributed by atoms with van der Waals surface area (Å²) in [4.78, 5) is 8.58. The van der Waals surface area contributed by atoms with Crippen LogP contribution < -0.4 is 0 Å². The highest BCUT2D eigenvalue weighted by Gasteiger charge is 2.14. The highest BCUT2D eigenvalue weighted by molar-refractivity contribution is 9.10. The van der Waals surface area contributed by atoms with Crippen molar-refractivity contribution in [1.29, 1.82) is 5.26 Å². The summed E-state index contributed by atoms with van der Waals surface area (Å²) in [5.41, 5.74) is 2.46. The zero-order chi connectivity index (χ0) is 9.26.